The van der Waals surface area contributed by atoms with Gasteiger partial charge < -0.3 is 10.2 Å². The highest BCUT2D eigenvalue weighted by molar-refractivity contribution is 5.36. The fourth-order valence-electron chi connectivity index (χ4n) is 4.47. The topological polar surface area (TPSA) is 43.7 Å². The number of hydrogen-bond acceptors (Lipinski definition) is 3. The van der Waals surface area contributed by atoms with Crippen molar-refractivity contribution < 1.29 is 10.2 Å². The van der Waals surface area contributed by atoms with Crippen LogP contribution in [0.5, 0.6) is 0 Å². The highest BCUT2D eigenvalue weighted by Gasteiger charge is 2.70. The summed E-state index contributed by atoms with van der Waals surface area (Å²) in [4.78, 5) is 2.37. The summed E-state index contributed by atoms with van der Waals surface area (Å²) in [6.07, 6.45) is 4.13. The van der Waals surface area contributed by atoms with Crippen LogP contribution in [0, 0.1) is 11.3 Å². The Balaban J connectivity index is 1.68. The van der Waals surface area contributed by atoms with E-state index in [4.69, 9.17) is 0 Å². The molecule has 3 rings (SSSR count). The molecule has 1 spiro atoms. The summed E-state index contributed by atoms with van der Waals surface area (Å²) in [5.41, 5.74) is 2.55. The molecule has 1 aromatic carbocycles. The van der Waals surface area contributed by atoms with E-state index >= 15 is 0 Å². The Morgan fingerprint density at radius 2 is 2.09 bits per heavy atom. The van der Waals surface area contributed by atoms with Gasteiger partial charge >= 0.3 is 0 Å². The number of aliphatic hydroxyl groups is 2. The molecule has 1 aliphatic carbocycles. The molecule has 1 heterocycles. The van der Waals surface area contributed by atoms with Gasteiger partial charge in [0.25, 0.3) is 0 Å². The van der Waals surface area contributed by atoms with Crippen molar-refractivity contribution in [2.24, 2.45) is 11.3 Å². The summed E-state index contributed by atoms with van der Waals surface area (Å²) in [6.45, 7) is 7.15. The summed E-state index contributed by atoms with van der Waals surface area (Å²) in [6, 6.07) is 10.4. The van der Waals surface area contributed by atoms with E-state index in [1.165, 1.54) is 11.1 Å². The molecule has 2 N–H and O–H groups in total. The monoisotopic (exact) mass is 315 g/mol. The molecule has 1 saturated heterocycles. The van der Waals surface area contributed by atoms with Crippen LogP contribution < -0.4 is 0 Å². The van der Waals surface area contributed by atoms with Crippen molar-refractivity contribution in [3.05, 3.63) is 47.5 Å². The first kappa shape index (κ1) is 16.7. The van der Waals surface area contributed by atoms with Crippen molar-refractivity contribution in [1.82, 2.24) is 4.90 Å². The van der Waals surface area contributed by atoms with Crippen molar-refractivity contribution in [1.29, 1.82) is 0 Å². The first-order valence-corrected chi connectivity index (χ1v) is 8.85. The van der Waals surface area contributed by atoms with Crippen molar-refractivity contribution in [2.45, 2.75) is 38.7 Å². The Morgan fingerprint density at radius 3 is 2.74 bits per heavy atom. The van der Waals surface area contributed by atoms with Gasteiger partial charge in [0.2, 0.25) is 0 Å². The molecule has 3 heteroatoms. The highest BCUT2D eigenvalue weighted by atomic mass is 16.3. The quantitative estimate of drug-likeness (QED) is 0.793. The third-order valence-electron chi connectivity index (χ3n) is 5.96. The van der Waals surface area contributed by atoms with E-state index in [1.807, 2.05) is 18.2 Å². The van der Waals surface area contributed by atoms with Crippen LogP contribution in [0.3, 0.4) is 0 Å². The fraction of sp³-hybridized carbons (Fsp3) is 0.600. The first-order chi connectivity index (χ1) is 11.1. The largest absolute Gasteiger partial charge is 0.396 e. The lowest BCUT2D eigenvalue weighted by Crippen LogP contribution is -2.23. The molecular weight excluding hydrogens is 286 g/mol. The number of allylic oxidation sites excluding steroid dienone is 1. The Kier molecular flexibility index (Phi) is 4.90. The fourth-order valence-corrected chi connectivity index (χ4v) is 4.47. The van der Waals surface area contributed by atoms with Gasteiger partial charge in [0.1, 0.15) is 0 Å². The predicted molar refractivity (Wildman–Crippen MR) is 93.3 cm³/mol. The summed E-state index contributed by atoms with van der Waals surface area (Å²) in [5, 5.41) is 20.5. The smallest absolute Gasteiger partial charge is 0.0745 e. The van der Waals surface area contributed by atoms with Crippen molar-refractivity contribution >= 4 is 0 Å². The SMILES string of the molecule is CCC(C)=CCCN1C[C@H](O)[C@@]2(C1)[C@H](CO)[C@H]2c1ccccc1. The zero-order valence-corrected chi connectivity index (χ0v) is 14.3. The first-order valence-electron chi connectivity index (χ1n) is 8.85. The molecular formula is C20H29NO2. The minimum Gasteiger partial charge on any atom is -0.396 e. The van der Waals surface area contributed by atoms with E-state index in [9.17, 15) is 10.2 Å². The molecule has 2 aliphatic rings. The van der Waals surface area contributed by atoms with E-state index in [-0.39, 0.29) is 24.0 Å². The van der Waals surface area contributed by atoms with Crippen LogP contribution in [0.1, 0.15) is 38.2 Å². The Hall–Kier alpha value is -1.16. The van der Waals surface area contributed by atoms with Crippen LogP contribution in [0.15, 0.2) is 42.0 Å². The maximum atomic E-state index is 10.7. The number of benzene rings is 1. The third-order valence-corrected chi connectivity index (χ3v) is 5.96. The summed E-state index contributed by atoms with van der Waals surface area (Å²) < 4.78 is 0. The number of rotatable bonds is 6. The molecule has 1 aliphatic heterocycles. The second-order valence-corrected chi connectivity index (χ2v) is 7.23. The van der Waals surface area contributed by atoms with Crippen molar-refractivity contribution in [3.63, 3.8) is 0 Å². The minimum absolute atomic E-state index is 0.139. The molecule has 126 valence electrons. The standard InChI is InChI=1S/C20H29NO2/c1-3-15(2)8-7-11-21-12-18(23)20(14-21)17(13-22)19(20)16-9-5-4-6-10-16/h4-6,8-10,17-19,22-23H,3,7,11-14H2,1-2H3/t17-,18+,19-,20-/m1/s1. The van der Waals surface area contributed by atoms with Gasteiger partial charge in [-0.3, -0.25) is 4.90 Å². The van der Waals surface area contributed by atoms with Crippen LogP contribution in [0.2, 0.25) is 0 Å². The second kappa shape index (κ2) is 6.76. The van der Waals surface area contributed by atoms with Gasteiger partial charge in [0.05, 0.1) is 6.10 Å². The van der Waals surface area contributed by atoms with Gasteiger partial charge in [0.15, 0.2) is 0 Å². The van der Waals surface area contributed by atoms with Crippen LogP contribution >= 0.6 is 0 Å². The van der Waals surface area contributed by atoms with Gasteiger partial charge in [-0.25, -0.2) is 0 Å². The average Bonchev–Trinajstić information content (AvgIpc) is 3.11. The van der Waals surface area contributed by atoms with Gasteiger partial charge in [0, 0.05) is 31.7 Å². The number of aliphatic hydroxyl groups excluding tert-OH is 2. The van der Waals surface area contributed by atoms with Crippen LogP contribution in [0.25, 0.3) is 0 Å². The van der Waals surface area contributed by atoms with E-state index in [0.29, 0.717) is 5.92 Å². The third kappa shape index (κ3) is 2.98. The predicted octanol–water partition coefficient (Wildman–Crippen LogP) is 2.80. The van der Waals surface area contributed by atoms with E-state index in [0.717, 1.165) is 32.5 Å². The summed E-state index contributed by atoms with van der Waals surface area (Å²) in [7, 11) is 0. The van der Waals surface area contributed by atoms with E-state index in [2.05, 4.69) is 37.0 Å². The van der Waals surface area contributed by atoms with Crippen LogP contribution in [0.4, 0.5) is 0 Å². The molecule has 1 saturated carbocycles. The zero-order chi connectivity index (χ0) is 16.4. The molecule has 0 bridgehead atoms. The van der Waals surface area contributed by atoms with E-state index in [1.54, 1.807) is 0 Å². The Morgan fingerprint density at radius 1 is 1.35 bits per heavy atom. The normalized spacial score (nSPS) is 34.3. The van der Waals surface area contributed by atoms with Gasteiger partial charge in [-0.1, -0.05) is 48.9 Å². The van der Waals surface area contributed by atoms with Crippen molar-refractivity contribution in [3.8, 4) is 0 Å². The second-order valence-electron chi connectivity index (χ2n) is 7.23. The maximum absolute atomic E-state index is 10.7. The molecule has 0 radical (unpaired) electrons. The van der Waals surface area contributed by atoms with E-state index < -0.39 is 0 Å². The number of likely N-dealkylation sites (tertiary alicyclic amines) is 1. The molecule has 0 unspecified atom stereocenters. The summed E-state index contributed by atoms with van der Waals surface area (Å²) in [5.74, 6) is 0.486. The molecule has 0 amide bonds. The molecule has 1 aromatic rings. The summed E-state index contributed by atoms with van der Waals surface area (Å²) >= 11 is 0. The van der Waals surface area contributed by atoms with Crippen LogP contribution in [-0.4, -0.2) is 47.5 Å². The molecule has 0 aromatic heterocycles. The molecule has 23 heavy (non-hydrogen) atoms. The van der Waals surface area contributed by atoms with Crippen LogP contribution in [-0.2, 0) is 0 Å². The van der Waals surface area contributed by atoms with Gasteiger partial charge in [-0.2, -0.15) is 0 Å². The molecule has 4 atom stereocenters. The zero-order valence-electron chi connectivity index (χ0n) is 14.3. The lowest BCUT2D eigenvalue weighted by Gasteiger charge is -2.16. The Labute approximate surface area is 139 Å². The molecule has 3 nitrogen and oxygen atoms in total. The minimum atomic E-state index is -0.332. The average molecular weight is 315 g/mol. The highest BCUT2D eigenvalue weighted by Crippen LogP contribution is 2.68. The lowest BCUT2D eigenvalue weighted by molar-refractivity contribution is 0.111. The van der Waals surface area contributed by atoms with Crippen molar-refractivity contribution in [2.75, 3.05) is 26.2 Å². The van der Waals surface area contributed by atoms with Gasteiger partial charge in [-0.15, -0.1) is 0 Å². The maximum Gasteiger partial charge on any atom is 0.0745 e. The number of nitrogens with zero attached hydrogens (tertiary/aromatic N) is 1. The number of β-amino-alcohol motifs (C(OH)–C–C–N with tert-alkyl or cyclic N) is 1. The molecule has 2 fully saturated rings. The Bertz CT molecular complexity index is 556. The lowest BCUT2D eigenvalue weighted by atomic mass is 9.95. The van der Waals surface area contributed by atoms with Gasteiger partial charge in [-0.05, 0) is 37.2 Å². The number of hydrogen-bond donors (Lipinski definition) is 2.